The van der Waals surface area contributed by atoms with Crippen molar-refractivity contribution in [2.24, 2.45) is 0 Å². The molecule has 9 nitrogen and oxygen atoms in total. The van der Waals surface area contributed by atoms with E-state index >= 15 is 0 Å². The van der Waals surface area contributed by atoms with Gasteiger partial charge in [0.2, 0.25) is 9.84 Å². The zero-order valence-corrected chi connectivity index (χ0v) is 23.1. The van der Waals surface area contributed by atoms with Gasteiger partial charge >= 0.3 is 6.03 Å². The van der Waals surface area contributed by atoms with E-state index in [9.17, 15) is 35.2 Å². The van der Waals surface area contributed by atoms with Crippen LogP contribution in [0.15, 0.2) is 99.6 Å². The van der Waals surface area contributed by atoms with Gasteiger partial charge in [-0.25, -0.2) is 30.4 Å². The minimum atomic E-state index is -3.91. The third-order valence-corrected chi connectivity index (χ3v) is 8.69. The second-order valence-corrected chi connectivity index (χ2v) is 12.8. The molecular formula is C28H22F2N2O7S2. The van der Waals surface area contributed by atoms with Crippen LogP contribution < -0.4 is 15.4 Å². The van der Waals surface area contributed by atoms with Crippen LogP contribution >= 0.6 is 0 Å². The Morgan fingerprint density at radius 2 is 1.29 bits per heavy atom. The van der Waals surface area contributed by atoms with E-state index in [1.165, 1.54) is 66.7 Å². The molecule has 4 rings (SSSR count). The van der Waals surface area contributed by atoms with Crippen molar-refractivity contribution in [3.8, 4) is 11.5 Å². The molecule has 0 aliphatic heterocycles. The lowest BCUT2D eigenvalue weighted by atomic mass is 10.2. The van der Waals surface area contributed by atoms with Gasteiger partial charge in [-0.1, -0.05) is 6.07 Å². The molecule has 2 N–H and O–H groups in total. The van der Waals surface area contributed by atoms with Crippen molar-refractivity contribution in [2.75, 3.05) is 11.6 Å². The van der Waals surface area contributed by atoms with Crippen LogP contribution in [0.5, 0.6) is 11.5 Å². The van der Waals surface area contributed by atoms with E-state index in [4.69, 9.17) is 4.74 Å². The number of nitrogens with one attached hydrogen (secondary N) is 2. The Kier molecular flexibility index (Phi) is 8.22. The Labute approximate surface area is 234 Å². The first-order chi connectivity index (χ1) is 19.3. The fraction of sp³-hybridized carbons (Fsp3) is 0.0714. The number of urea groups is 1. The molecule has 0 fully saturated rings. The summed E-state index contributed by atoms with van der Waals surface area (Å²) in [7, 11) is -7.38. The molecule has 41 heavy (non-hydrogen) atoms. The lowest BCUT2D eigenvalue weighted by Gasteiger charge is -2.12. The summed E-state index contributed by atoms with van der Waals surface area (Å²) >= 11 is 0. The molecule has 3 amide bonds. The van der Waals surface area contributed by atoms with Gasteiger partial charge in [0.05, 0.1) is 14.7 Å². The van der Waals surface area contributed by atoms with Crippen molar-refractivity contribution in [3.63, 3.8) is 0 Å². The first-order valence-corrected chi connectivity index (χ1v) is 15.1. The minimum absolute atomic E-state index is 0.00358. The molecule has 0 aliphatic carbocycles. The zero-order chi connectivity index (χ0) is 29.9. The third-order valence-electron chi connectivity index (χ3n) is 5.77. The van der Waals surface area contributed by atoms with Crippen LogP contribution in [0.4, 0.5) is 19.3 Å². The molecule has 212 valence electrons. The molecule has 4 aromatic rings. The number of amides is 3. The van der Waals surface area contributed by atoms with Crippen molar-refractivity contribution in [3.05, 3.63) is 108 Å². The summed E-state index contributed by atoms with van der Waals surface area (Å²) in [4.78, 5) is 24.2. The summed E-state index contributed by atoms with van der Waals surface area (Å²) in [5, 5.41) is 4.26. The topological polar surface area (TPSA) is 136 Å². The van der Waals surface area contributed by atoms with Crippen molar-refractivity contribution in [1.29, 1.82) is 0 Å². The number of anilines is 1. The van der Waals surface area contributed by atoms with E-state index in [0.717, 1.165) is 24.5 Å². The highest BCUT2D eigenvalue weighted by Gasteiger charge is 2.20. The Balaban J connectivity index is 1.41. The molecular weight excluding hydrogens is 578 g/mol. The van der Waals surface area contributed by atoms with Crippen LogP contribution in [0.2, 0.25) is 0 Å². The van der Waals surface area contributed by atoms with Crippen LogP contribution in [0, 0.1) is 18.6 Å². The number of carbonyl (C=O) groups excluding carboxylic acids is 2. The number of rotatable bonds is 7. The number of benzene rings is 4. The molecule has 0 radical (unpaired) electrons. The molecule has 0 spiro atoms. The van der Waals surface area contributed by atoms with Gasteiger partial charge < -0.3 is 10.1 Å². The molecule has 0 aromatic heterocycles. The maximum Gasteiger partial charge on any atom is 0.326 e. The van der Waals surface area contributed by atoms with Crippen molar-refractivity contribution < 1.29 is 39.9 Å². The molecule has 0 bridgehead atoms. The van der Waals surface area contributed by atoms with Gasteiger partial charge in [0.15, 0.2) is 9.84 Å². The summed E-state index contributed by atoms with van der Waals surface area (Å²) in [6, 6.07) is 16.9. The fourth-order valence-corrected chi connectivity index (χ4v) is 5.59. The number of imide groups is 1. The van der Waals surface area contributed by atoms with Gasteiger partial charge in [0, 0.05) is 11.9 Å². The average Bonchev–Trinajstić information content (AvgIpc) is 2.90. The molecule has 0 atom stereocenters. The summed E-state index contributed by atoms with van der Waals surface area (Å²) in [5.41, 5.74) is -0.0549. The number of hydrogen-bond donors (Lipinski definition) is 2. The van der Waals surface area contributed by atoms with Crippen molar-refractivity contribution >= 4 is 37.3 Å². The van der Waals surface area contributed by atoms with E-state index in [-0.39, 0.29) is 20.4 Å². The Bertz CT molecular complexity index is 1840. The van der Waals surface area contributed by atoms with Crippen LogP contribution in [-0.2, 0) is 19.7 Å². The van der Waals surface area contributed by atoms with Crippen LogP contribution in [-0.4, -0.2) is 35.0 Å². The predicted molar refractivity (Wildman–Crippen MR) is 146 cm³/mol. The average molecular weight is 601 g/mol. The van der Waals surface area contributed by atoms with Gasteiger partial charge in [0.25, 0.3) is 5.91 Å². The zero-order valence-electron chi connectivity index (χ0n) is 21.5. The van der Waals surface area contributed by atoms with Gasteiger partial charge in [-0.3, -0.25) is 10.1 Å². The van der Waals surface area contributed by atoms with E-state index in [1.807, 2.05) is 5.32 Å². The predicted octanol–water partition coefficient (Wildman–Crippen LogP) is 5.26. The molecule has 13 heteroatoms. The van der Waals surface area contributed by atoms with Crippen molar-refractivity contribution in [2.45, 2.75) is 21.6 Å². The molecule has 0 saturated carbocycles. The molecule has 0 unspecified atom stereocenters. The van der Waals surface area contributed by atoms with E-state index in [1.54, 1.807) is 6.92 Å². The Morgan fingerprint density at radius 3 is 1.83 bits per heavy atom. The standard InChI is InChI=1S/C28H22F2N2O7S2/c1-17-16-18(31-28(34)32-27(33)26-23(29)4-3-5-24(26)30)6-15-25(17)39-19-7-9-21(10-8-19)41(37,38)22-13-11-20(12-14-22)40(2,35)36/h3-16H,1-2H3,(H2,31,32,33,34). The Morgan fingerprint density at radius 1 is 0.756 bits per heavy atom. The number of carbonyl (C=O) groups is 2. The number of ether oxygens (including phenoxy) is 1. The van der Waals surface area contributed by atoms with Gasteiger partial charge in [-0.15, -0.1) is 0 Å². The van der Waals surface area contributed by atoms with E-state index in [2.05, 4.69) is 5.32 Å². The number of hydrogen-bond acceptors (Lipinski definition) is 7. The first kappa shape index (κ1) is 29.4. The number of sulfone groups is 2. The maximum absolute atomic E-state index is 13.8. The quantitative estimate of drug-likeness (QED) is 0.295. The molecule has 0 aliphatic rings. The normalized spacial score (nSPS) is 11.5. The van der Waals surface area contributed by atoms with Crippen LogP contribution in [0.1, 0.15) is 15.9 Å². The second-order valence-electron chi connectivity index (χ2n) is 8.81. The highest BCUT2D eigenvalue weighted by molar-refractivity contribution is 7.91. The molecule has 0 heterocycles. The Hall–Kier alpha value is -4.62. The van der Waals surface area contributed by atoms with Crippen LogP contribution in [0.3, 0.4) is 0 Å². The monoisotopic (exact) mass is 600 g/mol. The molecule has 0 saturated heterocycles. The summed E-state index contributed by atoms with van der Waals surface area (Å²) in [5.74, 6) is -2.77. The fourth-order valence-electron chi connectivity index (χ4n) is 3.70. The van der Waals surface area contributed by atoms with Gasteiger partial charge in [-0.2, -0.15) is 0 Å². The smallest absolute Gasteiger partial charge is 0.326 e. The van der Waals surface area contributed by atoms with Crippen molar-refractivity contribution in [1.82, 2.24) is 5.32 Å². The summed E-state index contributed by atoms with van der Waals surface area (Å²) in [6.07, 6.45) is 1.03. The highest BCUT2D eigenvalue weighted by atomic mass is 32.2. The summed E-state index contributed by atoms with van der Waals surface area (Å²) < 4.78 is 82.5. The van der Waals surface area contributed by atoms with E-state index < -0.39 is 48.8 Å². The second kappa shape index (κ2) is 11.5. The number of halogens is 2. The largest absolute Gasteiger partial charge is 0.457 e. The maximum atomic E-state index is 13.8. The minimum Gasteiger partial charge on any atom is -0.457 e. The first-order valence-electron chi connectivity index (χ1n) is 11.8. The number of aryl methyl sites for hydroxylation is 1. The lowest BCUT2D eigenvalue weighted by molar-refractivity contribution is 0.0959. The van der Waals surface area contributed by atoms with E-state index in [0.29, 0.717) is 17.1 Å². The summed E-state index contributed by atoms with van der Waals surface area (Å²) in [6.45, 7) is 1.68. The van der Waals surface area contributed by atoms with Gasteiger partial charge in [-0.05, 0) is 91.3 Å². The van der Waals surface area contributed by atoms with Crippen LogP contribution in [0.25, 0.3) is 0 Å². The molecule has 4 aromatic carbocycles. The van der Waals surface area contributed by atoms with Gasteiger partial charge in [0.1, 0.15) is 28.7 Å². The SMILES string of the molecule is Cc1cc(NC(=O)NC(=O)c2c(F)cccc2F)ccc1Oc1ccc(S(=O)(=O)c2ccc(S(C)(=O)=O)cc2)cc1. The lowest BCUT2D eigenvalue weighted by Crippen LogP contribution is -2.35. The third kappa shape index (κ3) is 6.76. The highest BCUT2D eigenvalue weighted by Crippen LogP contribution is 2.29.